The van der Waals surface area contributed by atoms with Crippen molar-refractivity contribution in [2.75, 3.05) is 13.2 Å². The molecule has 1 rings (SSSR count). The van der Waals surface area contributed by atoms with Crippen molar-refractivity contribution in [3.63, 3.8) is 0 Å². The summed E-state index contributed by atoms with van der Waals surface area (Å²) in [7, 11) is -23.1. The standard InChI is InChI=1S/C37H54O22P4/c1-3-5-7-9-11-13-14-15-16-18-20-22-24-26-31(39)55-29(27-53-30(38)25-23-21-19-17-12-10-8-6-4-2)28-54-63(51,52)59-34-32(40)35(56-60(42,43)44)37(58-62(48,49)50)36(33(34)41)57-61(45,46)47/h29,32-37,40-41H,3,5,7,9,11,13-16,18,20,22,24,26-28H2,1-2H3,(H,51,52)(H2,42,43,44)(H2,45,46,47)(H2,48,49,50)/t29-,32-,33?,34?,35-,36+,37?/m0/s1. The smallest absolute Gasteiger partial charge is 0.456 e. The van der Waals surface area contributed by atoms with Gasteiger partial charge >= 0.3 is 43.2 Å². The van der Waals surface area contributed by atoms with Gasteiger partial charge in [-0.1, -0.05) is 89.9 Å². The highest BCUT2D eigenvalue weighted by Crippen LogP contribution is 2.53. The Balaban J connectivity index is 3.10. The molecule has 0 saturated heterocycles. The first-order valence-corrected chi connectivity index (χ1v) is 25.6. The number of unbranched alkanes of at least 4 members (excludes halogenated alkanes) is 12. The van der Waals surface area contributed by atoms with E-state index < -0.39 is 99.2 Å². The molecule has 8 atom stereocenters. The number of ether oxygens (including phenoxy) is 2. The highest BCUT2D eigenvalue weighted by Gasteiger charge is 2.59. The number of aliphatic hydroxyl groups is 2. The van der Waals surface area contributed by atoms with E-state index in [1.165, 1.54) is 38.5 Å². The van der Waals surface area contributed by atoms with E-state index in [4.69, 9.17) is 18.5 Å². The number of carbonyl (C=O) groups excluding carboxylic acids is 2. The van der Waals surface area contributed by atoms with Gasteiger partial charge < -0.3 is 53.9 Å². The molecule has 0 aromatic heterocycles. The average molecular weight is 975 g/mol. The van der Waals surface area contributed by atoms with Crippen LogP contribution in [0.15, 0.2) is 0 Å². The normalized spacial score (nSPS) is 21.1. The predicted molar refractivity (Wildman–Crippen MR) is 219 cm³/mol. The van der Waals surface area contributed by atoms with Crippen LogP contribution in [0.2, 0.25) is 0 Å². The molecule has 22 nitrogen and oxygen atoms in total. The van der Waals surface area contributed by atoms with E-state index in [1.54, 1.807) is 6.92 Å². The Kier molecular flexibility index (Phi) is 28.0. The second-order valence-corrected chi connectivity index (χ2v) is 18.6. The van der Waals surface area contributed by atoms with Crippen molar-refractivity contribution < 1.29 is 104 Å². The fourth-order valence-electron chi connectivity index (χ4n) is 5.66. The third-order valence-electron chi connectivity index (χ3n) is 8.36. The molecule has 26 heteroatoms. The van der Waals surface area contributed by atoms with Crippen molar-refractivity contribution in [1.29, 1.82) is 0 Å². The number of phosphoric acid groups is 4. The van der Waals surface area contributed by atoms with E-state index in [1.807, 2.05) is 5.92 Å². The molecular formula is C37H54O22P4. The van der Waals surface area contributed by atoms with Gasteiger partial charge in [-0.15, -0.1) is 0 Å². The highest BCUT2D eigenvalue weighted by atomic mass is 31.2. The molecule has 0 aromatic carbocycles. The molecular weight excluding hydrogens is 920 g/mol. The summed E-state index contributed by atoms with van der Waals surface area (Å²) in [5, 5.41) is 21.7. The van der Waals surface area contributed by atoms with E-state index in [0.29, 0.717) is 12.8 Å². The third-order valence-corrected chi connectivity index (χ3v) is 10.9. The summed E-state index contributed by atoms with van der Waals surface area (Å²) in [4.78, 5) is 91.8. The molecule has 63 heavy (non-hydrogen) atoms. The van der Waals surface area contributed by atoms with E-state index in [0.717, 1.165) is 32.1 Å². The quantitative estimate of drug-likeness (QED) is 0.0179. The Labute approximate surface area is 365 Å². The predicted octanol–water partition coefficient (Wildman–Crippen LogP) is 2.63. The Morgan fingerprint density at radius 1 is 0.540 bits per heavy atom. The van der Waals surface area contributed by atoms with Crippen LogP contribution in [0.4, 0.5) is 0 Å². The largest absolute Gasteiger partial charge is 0.472 e. The Morgan fingerprint density at radius 3 is 1.40 bits per heavy atom. The zero-order valence-electron chi connectivity index (χ0n) is 34.5. The van der Waals surface area contributed by atoms with Crippen molar-refractivity contribution in [3.05, 3.63) is 0 Å². The summed E-state index contributed by atoms with van der Waals surface area (Å²) >= 11 is 0. The van der Waals surface area contributed by atoms with Crippen LogP contribution in [0.25, 0.3) is 0 Å². The van der Waals surface area contributed by atoms with Crippen LogP contribution in [-0.2, 0) is 59.9 Å². The molecule has 0 spiro atoms. The van der Waals surface area contributed by atoms with E-state index in [9.17, 15) is 72.3 Å². The minimum atomic E-state index is -5.81. The number of rotatable bonds is 28. The molecule has 0 amide bonds. The molecule has 0 radical (unpaired) electrons. The van der Waals surface area contributed by atoms with Gasteiger partial charge in [-0.3, -0.25) is 27.4 Å². The molecule has 1 aliphatic carbocycles. The second kappa shape index (κ2) is 30.3. The molecule has 0 bridgehead atoms. The SMILES string of the molecule is CC#CC#CC#CC#CC#CC(=O)OC[C@@H](COP(=O)(O)OC1C(O)[C@@H](OP(=O)(O)O)C(OP(=O)(O)O)[C@@H](OP(=O)(O)O)[C@H]1O)OC(=O)CCCCCCCCCCCCCCC. The first kappa shape index (κ1) is 58.1. The number of aliphatic hydroxyl groups excluding tert-OH is 2. The third kappa shape index (κ3) is 28.6. The van der Waals surface area contributed by atoms with Gasteiger partial charge in [-0.25, -0.2) is 23.1 Å². The molecule has 0 aromatic rings. The van der Waals surface area contributed by atoms with Crippen LogP contribution in [-0.4, -0.2) is 112 Å². The second-order valence-electron chi connectivity index (χ2n) is 13.6. The maximum Gasteiger partial charge on any atom is 0.472 e. The van der Waals surface area contributed by atoms with Gasteiger partial charge in [0.15, 0.2) is 6.10 Å². The van der Waals surface area contributed by atoms with Gasteiger partial charge in [-0.2, -0.15) is 0 Å². The lowest BCUT2D eigenvalue weighted by Gasteiger charge is -2.45. The Morgan fingerprint density at radius 2 is 0.952 bits per heavy atom. The van der Waals surface area contributed by atoms with Gasteiger partial charge in [0.1, 0.15) is 43.2 Å². The van der Waals surface area contributed by atoms with E-state index in [2.05, 4.69) is 73.8 Å². The van der Waals surface area contributed by atoms with Gasteiger partial charge in [-0.05, 0) is 60.7 Å². The van der Waals surface area contributed by atoms with Crippen LogP contribution in [0.3, 0.4) is 0 Å². The first-order chi connectivity index (χ1) is 29.5. The van der Waals surface area contributed by atoms with E-state index in [-0.39, 0.29) is 6.42 Å². The molecule has 0 heterocycles. The number of phosphoric ester groups is 4. The van der Waals surface area contributed by atoms with Crippen LogP contribution >= 0.6 is 31.3 Å². The summed E-state index contributed by atoms with van der Waals surface area (Å²) in [5.74, 6) is 21.2. The summed E-state index contributed by atoms with van der Waals surface area (Å²) in [5.41, 5.74) is 0. The van der Waals surface area contributed by atoms with Gasteiger partial charge in [0.05, 0.1) is 6.61 Å². The maximum atomic E-state index is 13.1. The lowest BCUT2D eigenvalue weighted by molar-refractivity contribution is -0.209. The van der Waals surface area contributed by atoms with Crippen LogP contribution < -0.4 is 0 Å². The lowest BCUT2D eigenvalue weighted by atomic mass is 9.85. The number of carbonyl (C=O) groups is 2. The number of hydrogen-bond acceptors (Lipinski definition) is 15. The van der Waals surface area contributed by atoms with Gasteiger partial charge in [0.25, 0.3) is 0 Å². The van der Waals surface area contributed by atoms with Crippen LogP contribution in [0.1, 0.15) is 104 Å². The zero-order chi connectivity index (χ0) is 47.5. The zero-order valence-corrected chi connectivity index (χ0v) is 38.1. The lowest BCUT2D eigenvalue weighted by Crippen LogP contribution is -2.65. The Hall–Kier alpha value is -2.90. The van der Waals surface area contributed by atoms with Crippen molar-refractivity contribution in [3.8, 4) is 59.2 Å². The van der Waals surface area contributed by atoms with Gasteiger partial charge in [0, 0.05) is 12.3 Å². The highest BCUT2D eigenvalue weighted by molar-refractivity contribution is 7.47. The van der Waals surface area contributed by atoms with Crippen LogP contribution in [0.5, 0.6) is 0 Å². The van der Waals surface area contributed by atoms with Crippen molar-refractivity contribution in [1.82, 2.24) is 0 Å². The average Bonchev–Trinajstić information content (AvgIpc) is 3.17. The maximum absolute atomic E-state index is 13.1. The Bertz CT molecular complexity index is 1930. The minimum Gasteiger partial charge on any atom is -0.456 e. The molecule has 354 valence electrons. The molecule has 1 fully saturated rings. The van der Waals surface area contributed by atoms with Crippen molar-refractivity contribution >= 4 is 43.2 Å². The fraction of sp³-hybridized carbons (Fsp3) is 0.676. The summed E-state index contributed by atoms with van der Waals surface area (Å²) < 4.78 is 81.0. The van der Waals surface area contributed by atoms with Crippen LogP contribution in [0, 0.1) is 59.2 Å². The van der Waals surface area contributed by atoms with E-state index >= 15 is 0 Å². The minimum absolute atomic E-state index is 0.123. The number of hydrogen-bond donors (Lipinski definition) is 9. The first-order valence-electron chi connectivity index (χ1n) is 19.5. The monoisotopic (exact) mass is 974 g/mol. The van der Waals surface area contributed by atoms with Crippen molar-refractivity contribution in [2.24, 2.45) is 0 Å². The molecule has 0 aliphatic heterocycles. The summed E-state index contributed by atoms with van der Waals surface area (Å²) in [6.45, 7) is 1.80. The molecule has 1 saturated carbocycles. The topological polar surface area (TPSA) is 349 Å². The number of esters is 2. The summed E-state index contributed by atoms with van der Waals surface area (Å²) in [6, 6.07) is 0. The molecule has 9 N–H and O–H groups in total. The van der Waals surface area contributed by atoms with Crippen molar-refractivity contribution in [2.45, 2.75) is 146 Å². The molecule has 1 aliphatic rings. The van der Waals surface area contributed by atoms with Gasteiger partial charge in [0.2, 0.25) is 0 Å². The molecule has 4 unspecified atom stereocenters. The summed E-state index contributed by atoms with van der Waals surface area (Å²) in [6.07, 6.45) is -4.89. The fourth-order valence-corrected chi connectivity index (χ4v) is 8.32.